The molecule has 0 bridgehead atoms. The molecule has 1 fully saturated rings. The zero-order valence-electron chi connectivity index (χ0n) is 21.1. The van der Waals surface area contributed by atoms with Crippen molar-refractivity contribution in [1.82, 2.24) is 19.6 Å². The van der Waals surface area contributed by atoms with Crippen molar-refractivity contribution in [3.05, 3.63) is 76.2 Å². The number of methoxy groups -OCH3 is 1. The Morgan fingerprint density at radius 3 is 2.53 bits per heavy atom. The first kappa shape index (κ1) is 26.1. The van der Waals surface area contributed by atoms with Crippen LogP contribution < -0.4 is 4.90 Å². The third-order valence-corrected chi connectivity index (χ3v) is 6.77. The molecule has 1 saturated heterocycles. The highest BCUT2D eigenvalue weighted by molar-refractivity contribution is 6.30. The molecule has 0 atom stereocenters. The monoisotopic (exact) mass is 513 g/mol. The molecule has 3 aromatic rings. The third kappa shape index (κ3) is 6.06. The van der Waals surface area contributed by atoms with Crippen molar-refractivity contribution in [2.75, 3.05) is 58.4 Å². The fraction of sp³-hybridized carbons (Fsp3) is 0.407. The summed E-state index contributed by atoms with van der Waals surface area (Å²) in [6, 6.07) is 13.4. The van der Waals surface area contributed by atoms with Crippen LogP contribution in [0.15, 0.2) is 48.5 Å². The molecule has 0 N–H and O–H groups in total. The molecule has 0 spiro atoms. The number of likely N-dealkylation sites (N-methyl/N-ethyl adjacent to an activating group) is 1. The van der Waals surface area contributed by atoms with Crippen LogP contribution >= 0.6 is 11.6 Å². The molecule has 1 aliphatic rings. The summed E-state index contributed by atoms with van der Waals surface area (Å²) in [7, 11) is 3.76. The summed E-state index contributed by atoms with van der Waals surface area (Å²) in [6.07, 6.45) is 0.705. The van der Waals surface area contributed by atoms with Crippen molar-refractivity contribution in [1.29, 1.82) is 0 Å². The summed E-state index contributed by atoms with van der Waals surface area (Å²) >= 11 is 6.05. The summed E-state index contributed by atoms with van der Waals surface area (Å²) in [5.74, 6) is 0.516. The molecule has 192 valence electrons. The van der Waals surface area contributed by atoms with Crippen molar-refractivity contribution >= 4 is 23.3 Å². The number of rotatable bonds is 9. The van der Waals surface area contributed by atoms with E-state index >= 15 is 0 Å². The molecule has 36 heavy (non-hydrogen) atoms. The molecule has 1 amide bonds. The van der Waals surface area contributed by atoms with E-state index in [1.807, 2.05) is 22.6 Å². The largest absolute Gasteiger partial charge is 0.385 e. The first-order valence-corrected chi connectivity index (χ1v) is 12.6. The fourth-order valence-corrected chi connectivity index (χ4v) is 4.61. The lowest BCUT2D eigenvalue weighted by Crippen LogP contribution is -2.45. The van der Waals surface area contributed by atoms with Crippen molar-refractivity contribution in [2.45, 2.75) is 19.9 Å². The molecule has 2 heterocycles. The van der Waals surface area contributed by atoms with Gasteiger partial charge in [0.1, 0.15) is 11.6 Å². The summed E-state index contributed by atoms with van der Waals surface area (Å²) in [6.45, 7) is 6.87. The first-order chi connectivity index (χ1) is 17.4. The maximum absolute atomic E-state index is 14.2. The van der Waals surface area contributed by atoms with E-state index in [2.05, 4.69) is 16.8 Å². The molecule has 1 aliphatic heterocycles. The van der Waals surface area contributed by atoms with Gasteiger partial charge in [0.05, 0.1) is 17.9 Å². The molecular weight excluding hydrogens is 481 g/mol. The lowest BCUT2D eigenvalue weighted by atomic mass is 10.1. The maximum Gasteiger partial charge on any atom is 0.254 e. The van der Waals surface area contributed by atoms with Crippen molar-refractivity contribution in [3.63, 3.8) is 0 Å². The van der Waals surface area contributed by atoms with E-state index in [1.54, 1.807) is 37.4 Å². The number of hydrogen-bond donors (Lipinski definition) is 0. The Morgan fingerprint density at radius 1 is 1.14 bits per heavy atom. The van der Waals surface area contributed by atoms with Gasteiger partial charge in [-0.05, 0) is 62.9 Å². The molecule has 4 rings (SSSR count). The smallest absolute Gasteiger partial charge is 0.254 e. The zero-order valence-corrected chi connectivity index (χ0v) is 21.8. The Hall–Kier alpha value is -2.94. The topological polar surface area (TPSA) is 53.8 Å². The van der Waals surface area contributed by atoms with Gasteiger partial charge in [-0.2, -0.15) is 5.10 Å². The van der Waals surface area contributed by atoms with E-state index in [0.717, 1.165) is 43.3 Å². The predicted molar refractivity (Wildman–Crippen MR) is 141 cm³/mol. The third-order valence-electron chi connectivity index (χ3n) is 6.52. The average molecular weight is 514 g/mol. The zero-order chi connectivity index (χ0) is 25.7. The molecular formula is C27H33ClFN5O2. The lowest BCUT2D eigenvalue weighted by molar-refractivity contribution is 0.0723. The number of carbonyl (C=O) groups excluding carboxylic acids is 1. The van der Waals surface area contributed by atoms with Crippen LogP contribution in [-0.2, 0) is 11.3 Å². The number of carbonyl (C=O) groups is 1. The quantitative estimate of drug-likeness (QED) is 0.397. The molecule has 2 aromatic carbocycles. The van der Waals surface area contributed by atoms with Crippen LogP contribution in [-0.4, -0.2) is 79.0 Å². The normalized spacial score (nSPS) is 14.3. The van der Waals surface area contributed by atoms with Gasteiger partial charge >= 0.3 is 0 Å². The Labute approximate surface area is 217 Å². The number of halogens is 2. The molecule has 7 nitrogen and oxygen atoms in total. The standard InChI is InChI=1S/C27H33ClFN5O2/c1-20-25(19-33(12-5-17-36-3)27(35)21-8-10-22(28)11-9-21)26(32-15-13-31(2)14-16-32)34(30-20)24-7-4-6-23(29)18-24/h4,6-11,18H,5,12-17,19H2,1-3H3. The highest BCUT2D eigenvalue weighted by Crippen LogP contribution is 2.30. The van der Waals surface area contributed by atoms with Gasteiger partial charge in [-0.15, -0.1) is 0 Å². The predicted octanol–water partition coefficient (Wildman–Crippen LogP) is 4.40. The summed E-state index contributed by atoms with van der Waals surface area (Å²) in [5.41, 5.74) is 3.01. The van der Waals surface area contributed by atoms with E-state index in [4.69, 9.17) is 21.4 Å². The fourth-order valence-electron chi connectivity index (χ4n) is 4.48. The summed E-state index contributed by atoms with van der Waals surface area (Å²) in [4.78, 5) is 20.0. The van der Waals surface area contributed by atoms with E-state index in [9.17, 15) is 9.18 Å². The van der Waals surface area contributed by atoms with Crippen LogP contribution in [0.2, 0.25) is 5.02 Å². The van der Waals surface area contributed by atoms with E-state index in [1.165, 1.54) is 12.1 Å². The number of amides is 1. The molecule has 0 aliphatic carbocycles. The molecule has 0 radical (unpaired) electrons. The molecule has 0 saturated carbocycles. The van der Waals surface area contributed by atoms with Crippen LogP contribution in [0.5, 0.6) is 0 Å². The Kier molecular flexibility index (Phi) is 8.61. The van der Waals surface area contributed by atoms with Gasteiger partial charge in [0.2, 0.25) is 0 Å². The number of benzene rings is 2. The van der Waals surface area contributed by atoms with E-state index in [-0.39, 0.29) is 11.7 Å². The highest BCUT2D eigenvalue weighted by Gasteiger charge is 2.27. The van der Waals surface area contributed by atoms with Crippen LogP contribution in [0.1, 0.15) is 28.0 Å². The Balaban J connectivity index is 1.73. The van der Waals surface area contributed by atoms with Crippen LogP contribution in [0.4, 0.5) is 10.2 Å². The number of piperazine rings is 1. The minimum Gasteiger partial charge on any atom is -0.385 e. The van der Waals surface area contributed by atoms with Gasteiger partial charge < -0.3 is 19.4 Å². The number of aryl methyl sites for hydroxylation is 1. The number of anilines is 1. The average Bonchev–Trinajstić information content (AvgIpc) is 3.20. The van der Waals surface area contributed by atoms with Gasteiger partial charge in [0, 0.05) is 62.6 Å². The molecule has 9 heteroatoms. The van der Waals surface area contributed by atoms with Crippen molar-refractivity contribution in [2.24, 2.45) is 0 Å². The minimum atomic E-state index is -0.314. The van der Waals surface area contributed by atoms with Crippen molar-refractivity contribution in [3.8, 4) is 5.69 Å². The van der Waals surface area contributed by atoms with Crippen molar-refractivity contribution < 1.29 is 13.9 Å². The number of ether oxygens (including phenoxy) is 1. The maximum atomic E-state index is 14.2. The van der Waals surface area contributed by atoms with Crippen LogP contribution in [0.25, 0.3) is 5.69 Å². The second-order valence-corrected chi connectivity index (χ2v) is 9.59. The Morgan fingerprint density at radius 2 is 1.86 bits per heavy atom. The van der Waals surface area contributed by atoms with Gasteiger partial charge in [-0.1, -0.05) is 17.7 Å². The second kappa shape index (κ2) is 11.9. The SMILES string of the molecule is COCCCN(Cc1c(C)nn(-c2cccc(F)c2)c1N1CCN(C)CC1)C(=O)c1ccc(Cl)cc1. The van der Waals surface area contributed by atoms with Gasteiger partial charge in [-0.25, -0.2) is 9.07 Å². The number of aromatic nitrogens is 2. The number of nitrogens with zero attached hydrogens (tertiary/aromatic N) is 5. The van der Waals surface area contributed by atoms with Crippen LogP contribution in [0.3, 0.4) is 0 Å². The van der Waals surface area contributed by atoms with Gasteiger partial charge in [0.15, 0.2) is 0 Å². The lowest BCUT2D eigenvalue weighted by Gasteiger charge is -2.35. The Bertz CT molecular complexity index is 1180. The number of hydrogen-bond acceptors (Lipinski definition) is 5. The first-order valence-electron chi connectivity index (χ1n) is 12.2. The van der Waals surface area contributed by atoms with Gasteiger partial charge in [-0.3, -0.25) is 4.79 Å². The van der Waals surface area contributed by atoms with Gasteiger partial charge in [0.25, 0.3) is 5.91 Å². The molecule has 1 aromatic heterocycles. The minimum absolute atomic E-state index is 0.0787. The van der Waals surface area contributed by atoms with E-state index < -0.39 is 0 Å². The second-order valence-electron chi connectivity index (χ2n) is 9.15. The van der Waals surface area contributed by atoms with Crippen LogP contribution in [0, 0.1) is 12.7 Å². The highest BCUT2D eigenvalue weighted by atomic mass is 35.5. The molecule has 0 unspecified atom stereocenters. The van der Waals surface area contributed by atoms with E-state index in [0.29, 0.717) is 42.4 Å². The summed E-state index contributed by atoms with van der Waals surface area (Å²) < 4.78 is 21.2. The summed E-state index contributed by atoms with van der Waals surface area (Å²) in [5, 5.41) is 5.41.